The third kappa shape index (κ3) is 17.4. The van der Waals surface area contributed by atoms with E-state index in [2.05, 4.69) is 3.02 Å². The van der Waals surface area contributed by atoms with Crippen molar-refractivity contribution in [3.05, 3.63) is 0 Å². The fourth-order valence-corrected chi connectivity index (χ4v) is 0.844. The predicted octanol–water partition coefficient (Wildman–Crippen LogP) is -3.66. The molecule has 0 aromatic rings. The van der Waals surface area contributed by atoms with Crippen LogP contribution >= 0.6 is 11.6 Å². The van der Waals surface area contributed by atoms with Crippen molar-refractivity contribution in [1.82, 2.24) is 0 Å². The van der Waals surface area contributed by atoms with Crippen LogP contribution in [-0.4, -0.2) is 87.6 Å². The summed E-state index contributed by atoms with van der Waals surface area (Å²) < 4.78 is 4.61. The van der Waals surface area contributed by atoms with Crippen molar-refractivity contribution < 1.29 is 29.3 Å². The summed E-state index contributed by atoms with van der Waals surface area (Å²) in [6, 6.07) is 0. The van der Waals surface area contributed by atoms with Crippen LogP contribution in [0.25, 0.3) is 0 Å². The van der Waals surface area contributed by atoms with Crippen molar-refractivity contribution >= 4 is 35.0 Å². The van der Waals surface area contributed by atoms with Gasteiger partial charge in [-0.25, -0.2) is 0 Å². The maximum absolute atomic E-state index is 8.34. The summed E-state index contributed by atoms with van der Waals surface area (Å²) >= 11 is 6.52. The molecule has 0 heterocycles. The summed E-state index contributed by atoms with van der Waals surface area (Å²) in [5.74, 6) is 0.606. The molecular formula is C6H19ClNO6Sb. The number of rotatable bonds is 5. The van der Waals surface area contributed by atoms with Crippen molar-refractivity contribution in [1.29, 1.82) is 0 Å². The Balaban J connectivity index is -0.0000000770. The van der Waals surface area contributed by atoms with Crippen molar-refractivity contribution in [2.75, 3.05) is 32.3 Å². The fraction of sp³-hybridized carbons (Fsp3) is 1.00. The van der Waals surface area contributed by atoms with E-state index in [0.717, 1.165) is 0 Å². The Labute approximate surface area is 108 Å². The van der Waals surface area contributed by atoms with Gasteiger partial charge in [0.05, 0.1) is 25.4 Å². The molecule has 2 radical (unpaired) electrons. The van der Waals surface area contributed by atoms with E-state index in [1.54, 1.807) is 0 Å². The molecular weight excluding hydrogens is 339 g/mol. The third-order valence-corrected chi connectivity index (χ3v) is 1.79. The molecule has 0 rings (SSSR count). The fourth-order valence-electron chi connectivity index (χ4n) is 0.185. The molecule has 15 heavy (non-hydrogen) atoms. The van der Waals surface area contributed by atoms with Crippen LogP contribution in [0.2, 0.25) is 0 Å². The Morgan fingerprint density at radius 3 is 1.47 bits per heavy atom. The average molecular weight is 358 g/mol. The maximum atomic E-state index is 8.34. The first-order valence-electron chi connectivity index (χ1n) is 3.54. The van der Waals surface area contributed by atoms with E-state index in [1.165, 1.54) is 23.4 Å². The van der Waals surface area contributed by atoms with Crippen molar-refractivity contribution in [2.45, 2.75) is 5.54 Å². The molecule has 0 aliphatic rings. The maximum Gasteiger partial charge on any atom is 0.0856 e. The van der Waals surface area contributed by atoms with Gasteiger partial charge in [0.25, 0.3) is 0 Å². The van der Waals surface area contributed by atoms with E-state index in [1.807, 2.05) is 0 Å². The van der Waals surface area contributed by atoms with E-state index >= 15 is 0 Å². The minimum atomic E-state index is -1.21. The molecule has 0 aliphatic heterocycles. The van der Waals surface area contributed by atoms with Crippen molar-refractivity contribution in [2.24, 2.45) is 5.73 Å². The molecule has 0 aliphatic carbocycles. The molecule has 9 heteroatoms. The summed E-state index contributed by atoms with van der Waals surface area (Å²) in [5, 5.41) is 25.0. The molecule has 7 nitrogen and oxygen atoms in total. The third-order valence-electron chi connectivity index (χ3n) is 1.11. The van der Waals surface area contributed by atoms with Gasteiger partial charge in [0.15, 0.2) is 0 Å². The first-order valence-corrected chi connectivity index (χ1v) is 5.11. The van der Waals surface area contributed by atoms with Gasteiger partial charge in [-0.1, -0.05) is 0 Å². The molecule has 0 atom stereocenters. The Hall–Kier alpha value is 0.828. The van der Waals surface area contributed by atoms with Gasteiger partial charge in [0.2, 0.25) is 0 Å². The van der Waals surface area contributed by atoms with E-state index in [-0.39, 0.29) is 11.0 Å². The smallest absolute Gasteiger partial charge is 0.0856 e. The Bertz CT molecular complexity index is 97.4. The van der Waals surface area contributed by atoms with Gasteiger partial charge < -0.3 is 32.0 Å². The standard InChI is InChI=1S/C4H11NO3.C2H4ClO.2H2O.Sb/c5-4(1-6,2-7)3-8;3-1-2-4;;;/h6-8H,1-3,5H2;1-2H2;2*1H2;/q;-1;;;+1. The van der Waals surface area contributed by atoms with Crippen LogP contribution in [0, 0.1) is 0 Å². The Morgan fingerprint density at radius 1 is 1.13 bits per heavy atom. The molecule has 0 unspecified atom stereocenters. The van der Waals surface area contributed by atoms with Crippen LogP contribution in [0.15, 0.2) is 0 Å². The van der Waals surface area contributed by atoms with Gasteiger partial charge in [-0.15, -0.1) is 0 Å². The minimum absolute atomic E-state index is 0. The second-order valence-electron chi connectivity index (χ2n) is 2.36. The first-order chi connectivity index (χ1) is 6.10. The zero-order chi connectivity index (χ0) is 10.7. The SMILES string of the molecule is ClCC[O][Sb].NC(CO)(CO)CO.O.O. The van der Waals surface area contributed by atoms with Crippen molar-refractivity contribution in [3.63, 3.8) is 0 Å². The van der Waals surface area contributed by atoms with Crippen LogP contribution in [0.1, 0.15) is 0 Å². The van der Waals surface area contributed by atoms with Gasteiger partial charge in [-0.3, -0.25) is 0 Å². The second kappa shape index (κ2) is 17.2. The van der Waals surface area contributed by atoms with E-state index < -0.39 is 25.4 Å². The number of nitrogens with two attached hydrogens (primary N) is 1. The van der Waals surface area contributed by atoms with Gasteiger partial charge >= 0.3 is 50.5 Å². The Morgan fingerprint density at radius 2 is 1.47 bits per heavy atom. The number of halogens is 1. The van der Waals surface area contributed by atoms with Gasteiger partial charge in [0.1, 0.15) is 0 Å². The normalized spacial score (nSPS) is 9.20. The minimum Gasteiger partial charge on any atom is -0.412 e. The number of aliphatic hydroxyl groups is 3. The van der Waals surface area contributed by atoms with Gasteiger partial charge in [-0.05, 0) is 0 Å². The first kappa shape index (κ1) is 24.9. The largest absolute Gasteiger partial charge is 0.412 e. The quantitative estimate of drug-likeness (QED) is 0.294. The summed E-state index contributed by atoms with van der Waals surface area (Å²) in [5.41, 5.74) is 3.94. The van der Waals surface area contributed by atoms with Gasteiger partial charge in [-0.2, -0.15) is 0 Å². The van der Waals surface area contributed by atoms with Crippen LogP contribution < -0.4 is 5.73 Å². The average Bonchev–Trinajstić information content (AvgIpc) is 2.19. The zero-order valence-corrected chi connectivity index (χ0v) is 11.5. The van der Waals surface area contributed by atoms with E-state index in [4.69, 9.17) is 32.7 Å². The molecule has 0 saturated heterocycles. The molecule has 0 spiro atoms. The molecule has 0 aromatic carbocycles. The summed E-state index contributed by atoms with van der Waals surface area (Å²) in [4.78, 5) is 0. The molecule has 0 bridgehead atoms. The monoisotopic (exact) mass is 357 g/mol. The van der Waals surface area contributed by atoms with Crippen LogP contribution in [0.4, 0.5) is 0 Å². The Kier molecular flexibility index (Phi) is 28.6. The van der Waals surface area contributed by atoms with Crippen LogP contribution in [0.5, 0.6) is 0 Å². The summed E-state index contributed by atoms with van der Waals surface area (Å²) in [6.45, 7) is -0.532. The van der Waals surface area contributed by atoms with Crippen LogP contribution in [0.3, 0.4) is 0 Å². The summed E-state index contributed by atoms with van der Waals surface area (Å²) in [6.07, 6.45) is 0. The zero-order valence-electron chi connectivity index (χ0n) is 8.19. The molecule has 0 aromatic heterocycles. The van der Waals surface area contributed by atoms with Crippen LogP contribution in [-0.2, 0) is 3.02 Å². The predicted molar refractivity (Wildman–Crippen MR) is 57.8 cm³/mol. The van der Waals surface area contributed by atoms with Crippen molar-refractivity contribution in [3.8, 4) is 0 Å². The topological polar surface area (TPSA) is 159 Å². The number of alkyl halides is 1. The second-order valence-corrected chi connectivity index (χ2v) is 3.47. The molecule has 0 fully saturated rings. The number of aliphatic hydroxyl groups excluding tert-OH is 3. The number of hydrogen-bond acceptors (Lipinski definition) is 5. The molecule has 96 valence electrons. The molecule has 9 N–H and O–H groups in total. The molecule has 0 amide bonds. The van der Waals surface area contributed by atoms with Gasteiger partial charge in [0, 0.05) is 0 Å². The molecule has 0 saturated carbocycles. The van der Waals surface area contributed by atoms with E-state index in [9.17, 15) is 0 Å². The van der Waals surface area contributed by atoms with E-state index in [0.29, 0.717) is 12.5 Å². The number of hydrogen-bond donors (Lipinski definition) is 4. The summed E-state index contributed by atoms with van der Waals surface area (Å²) in [7, 11) is 0.